The van der Waals surface area contributed by atoms with E-state index in [1.807, 2.05) is 6.92 Å². The summed E-state index contributed by atoms with van der Waals surface area (Å²) < 4.78 is 7.72. The van der Waals surface area contributed by atoms with Crippen LogP contribution in [0.1, 0.15) is 5.69 Å². The Morgan fingerprint density at radius 3 is 2.56 bits per heavy atom. The van der Waals surface area contributed by atoms with Crippen molar-refractivity contribution in [3.8, 4) is 11.6 Å². The van der Waals surface area contributed by atoms with Crippen molar-refractivity contribution in [3.63, 3.8) is 0 Å². The van der Waals surface area contributed by atoms with Gasteiger partial charge in [-0.3, -0.25) is 0 Å². The molecule has 0 aliphatic carbocycles. The van der Waals surface area contributed by atoms with Crippen molar-refractivity contribution in [1.29, 1.82) is 0 Å². The van der Waals surface area contributed by atoms with Gasteiger partial charge in [-0.1, -0.05) is 11.6 Å². The van der Waals surface area contributed by atoms with Crippen LogP contribution in [-0.2, 0) is 0 Å². The largest absolute Gasteiger partial charge is 0.445 e. The number of nitrogens with zero attached hydrogens (tertiary/aromatic N) is 2. The normalized spacial score (nSPS) is 10.8. The van der Waals surface area contributed by atoms with Crippen LogP contribution in [0.25, 0.3) is 11.6 Å². The number of aromatic nitrogens is 2. The Labute approximate surface area is 127 Å². The van der Waals surface area contributed by atoms with Gasteiger partial charge in [0.1, 0.15) is 5.15 Å². The minimum absolute atomic E-state index is 0.437. The summed E-state index contributed by atoms with van der Waals surface area (Å²) in [6, 6.07) is 1.79. The summed E-state index contributed by atoms with van der Waals surface area (Å²) in [7, 11) is 0. The second-order valence-electron chi connectivity index (χ2n) is 2.97. The number of hydrogen-bond donors (Lipinski definition) is 0. The van der Waals surface area contributed by atoms with Gasteiger partial charge in [0.15, 0.2) is 16.3 Å². The van der Waals surface area contributed by atoms with Crippen LogP contribution in [-0.4, -0.2) is 9.97 Å². The zero-order valence-corrected chi connectivity index (χ0v) is 14.0. The number of hydrogen-bond acceptors (Lipinski definition) is 3. The van der Waals surface area contributed by atoms with Gasteiger partial charge in [0.05, 0.1) is 13.7 Å². The van der Waals surface area contributed by atoms with E-state index in [1.165, 1.54) is 0 Å². The summed E-state index contributed by atoms with van der Waals surface area (Å²) in [4.78, 5) is 8.49. The van der Waals surface area contributed by atoms with Crippen molar-refractivity contribution in [2.24, 2.45) is 0 Å². The molecule has 84 valence electrons. The lowest BCUT2D eigenvalue weighted by Gasteiger charge is -2.02. The first-order valence-corrected chi connectivity index (χ1v) is 7.18. The van der Waals surface area contributed by atoms with Crippen LogP contribution in [0.3, 0.4) is 0 Å². The number of furan rings is 1. The molecule has 0 aliphatic heterocycles. The fourth-order valence-corrected chi connectivity index (χ4v) is 2.13. The molecule has 0 spiro atoms. The average Bonchev–Trinajstić information content (AvgIpc) is 2.55. The molecule has 0 aromatic carbocycles. The molecule has 0 N–H and O–H groups in total. The highest BCUT2D eigenvalue weighted by Gasteiger charge is 2.14. The molecule has 0 bridgehead atoms. The van der Waals surface area contributed by atoms with Gasteiger partial charge in [-0.05, 0) is 61.4 Å². The summed E-state index contributed by atoms with van der Waals surface area (Å²) in [5.41, 5.74) is 0.833. The van der Waals surface area contributed by atoms with Gasteiger partial charge in [0.2, 0.25) is 0 Å². The summed E-state index contributed by atoms with van der Waals surface area (Å²) in [5, 5.41) is 0.437. The third-order valence-corrected chi connectivity index (χ3v) is 5.44. The topological polar surface area (TPSA) is 38.9 Å². The van der Waals surface area contributed by atoms with E-state index in [0.717, 1.165) is 13.7 Å². The summed E-state index contributed by atoms with van der Waals surface area (Å²) in [6.07, 6.45) is 0. The number of aryl methyl sites for hydroxylation is 1. The molecule has 0 radical (unpaired) electrons. The molecule has 7 heteroatoms. The van der Waals surface area contributed by atoms with Crippen LogP contribution in [0.5, 0.6) is 0 Å². The van der Waals surface area contributed by atoms with Crippen LogP contribution >= 0.6 is 66.1 Å². The molecule has 0 amide bonds. The van der Waals surface area contributed by atoms with E-state index >= 15 is 0 Å². The fourth-order valence-electron chi connectivity index (χ4n) is 1.09. The van der Waals surface area contributed by atoms with Crippen LogP contribution in [0.2, 0.25) is 5.15 Å². The zero-order valence-electron chi connectivity index (χ0n) is 7.89. The van der Waals surface area contributed by atoms with Crippen LogP contribution in [0.15, 0.2) is 19.6 Å². The van der Waals surface area contributed by atoms with E-state index in [4.69, 9.17) is 16.0 Å². The van der Waals surface area contributed by atoms with Crippen molar-refractivity contribution in [2.45, 2.75) is 6.92 Å². The Morgan fingerprint density at radius 1 is 1.38 bits per heavy atom. The van der Waals surface area contributed by atoms with Crippen LogP contribution in [0.4, 0.5) is 0 Å². The Bertz CT molecular complexity index is 516. The summed E-state index contributed by atoms with van der Waals surface area (Å²) >= 11 is 14.7. The van der Waals surface area contributed by atoms with Gasteiger partial charge in [-0.15, -0.1) is 0 Å². The van der Waals surface area contributed by atoms with E-state index in [1.54, 1.807) is 6.07 Å². The molecule has 0 fully saturated rings. The zero-order chi connectivity index (χ0) is 11.9. The second-order valence-corrected chi connectivity index (χ2v) is 5.98. The molecule has 0 saturated heterocycles. The summed E-state index contributed by atoms with van der Waals surface area (Å²) in [5.74, 6) is 1.05. The average molecular weight is 478 g/mol. The Balaban J connectivity index is 2.56. The molecular weight excluding hydrogens is 474 g/mol. The standard InChI is InChI=1S/C9H4Br2ClIN2O/c1-3-6(13)8(12)15-9(14-3)5-2-4(10)7(11)16-5/h2H,1H3. The molecule has 3 nitrogen and oxygen atoms in total. The highest BCUT2D eigenvalue weighted by atomic mass is 127. The van der Waals surface area contributed by atoms with Crippen molar-refractivity contribution >= 4 is 66.1 Å². The van der Waals surface area contributed by atoms with Crippen molar-refractivity contribution in [3.05, 3.63) is 29.6 Å². The van der Waals surface area contributed by atoms with E-state index < -0.39 is 0 Å². The number of halogens is 4. The van der Waals surface area contributed by atoms with Crippen molar-refractivity contribution in [2.75, 3.05) is 0 Å². The molecule has 0 saturated carbocycles. The first-order valence-electron chi connectivity index (χ1n) is 4.14. The smallest absolute Gasteiger partial charge is 0.197 e. The van der Waals surface area contributed by atoms with E-state index in [-0.39, 0.29) is 0 Å². The number of rotatable bonds is 1. The van der Waals surface area contributed by atoms with E-state index in [0.29, 0.717) is 21.4 Å². The van der Waals surface area contributed by atoms with E-state index in [9.17, 15) is 0 Å². The van der Waals surface area contributed by atoms with Gasteiger partial charge >= 0.3 is 0 Å². The quantitative estimate of drug-likeness (QED) is 0.436. The molecule has 0 aliphatic rings. The van der Waals surface area contributed by atoms with E-state index in [2.05, 4.69) is 64.4 Å². The predicted octanol–water partition coefficient (Wildman–Crippen LogP) is 4.83. The molecule has 0 atom stereocenters. The molecule has 0 unspecified atom stereocenters. The van der Waals surface area contributed by atoms with Gasteiger partial charge in [0.25, 0.3) is 0 Å². The highest BCUT2D eigenvalue weighted by molar-refractivity contribution is 14.1. The third-order valence-electron chi connectivity index (χ3n) is 1.84. The van der Waals surface area contributed by atoms with Gasteiger partial charge in [0, 0.05) is 6.07 Å². The first kappa shape index (κ1) is 12.8. The van der Waals surface area contributed by atoms with Crippen LogP contribution in [0, 0.1) is 10.5 Å². The molecule has 2 rings (SSSR count). The third kappa shape index (κ3) is 2.44. The monoisotopic (exact) mass is 476 g/mol. The molecular formula is C9H4Br2ClIN2O. The lowest BCUT2D eigenvalue weighted by Crippen LogP contribution is -1.95. The lowest BCUT2D eigenvalue weighted by atomic mass is 10.4. The Hall–Kier alpha value is 0.340. The second kappa shape index (κ2) is 4.91. The lowest BCUT2D eigenvalue weighted by molar-refractivity contribution is 0.549. The highest BCUT2D eigenvalue weighted by Crippen LogP contribution is 2.32. The minimum atomic E-state index is 0.437. The van der Waals surface area contributed by atoms with Crippen molar-refractivity contribution in [1.82, 2.24) is 9.97 Å². The molecule has 2 aromatic heterocycles. The maximum Gasteiger partial charge on any atom is 0.197 e. The molecule has 16 heavy (non-hydrogen) atoms. The maximum atomic E-state index is 5.99. The van der Waals surface area contributed by atoms with Gasteiger partial charge < -0.3 is 4.42 Å². The molecule has 2 heterocycles. The minimum Gasteiger partial charge on any atom is -0.445 e. The Morgan fingerprint density at radius 2 is 2.06 bits per heavy atom. The first-order chi connectivity index (χ1) is 7.49. The van der Waals surface area contributed by atoms with Gasteiger partial charge in [-0.25, -0.2) is 9.97 Å². The SMILES string of the molecule is Cc1nc(-c2cc(Br)c(Br)o2)nc(Cl)c1I. The van der Waals surface area contributed by atoms with Crippen molar-refractivity contribution < 1.29 is 4.42 Å². The summed E-state index contributed by atoms with van der Waals surface area (Å²) in [6.45, 7) is 1.88. The van der Waals surface area contributed by atoms with Gasteiger partial charge in [-0.2, -0.15) is 0 Å². The Kier molecular flexibility index (Phi) is 3.93. The fraction of sp³-hybridized carbons (Fsp3) is 0.111. The maximum absolute atomic E-state index is 5.99. The predicted molar refractivity (Wildman–Crippen MR) is 77.6 cm³/mol. The van der Waals surface area contributed by atoms with Crippen LogP contribution < -0.4 is 0 Å². The molecule has 2 aromatic rings.